The smallest absolute Gasteiger partial charge is 0.319 e. The summed E-state index contributed by atoms with van der Waals surface area (Å²) in [5, 5.41) is 2.25. The third kappa shape index (κ3) is 5.72. The van der Waals surface area contributed by atoms with Gasteiger partial charge in [0.1, 0.15) is 36.1 Å². The topological polar surface area (TPSA) is 72.8 Å². The van der Waals surface area contributed by atoms with Crippen molar-refractivity contribution in [1.82, 2.24) is 19.9 Å². The van der Waals surface area contributed by atoms with Crippen LogP contribution in [0.2, 0.25) is 10.2 Å². The van der Waals surface area contributed by atoms with Crippen molar-refractivity contribution in [3.8, 4) is 11.9 Å². The molecular weight excluding hydrogens is 652 g/mol. The average Bonchev–Trinajstić information content (AvgIpc) is 3.56. The molecule has 254 valence electrons. The minimum atomic E-state index is -2.76. The van der Waals surface area contributed by atoms with Crippen LogP contribution >= 0.6 is 11.6 Å². The van der Waals surface area contributed by atoms with Crippen molar-refractivity contribution in [2.24, 2.45) is 0 Å². The molecule has 5 heterocycles. The molecule has 8 nitrogen and oxygen atoms in total. The highest BCUT2D eigenvalue weighted by Gasteiger charge is 2.51. The lowest BCUT2D eigenvalue weighted by Gasteiger charge is -2.43. The van der Waals surface area contributed by atoms with E-state index in [4.69, 9.17) is 30.5 Å². The SMILES string of the molecule is CN1c2nc(OC[C@@]34CCCN3C[C@H](F)C4)nc3c(F)c(Cl)nc(c23)OC[C@@H]1CCO[Si](c1ccccc1)(c1ccccc1)C(C)(C)C. The van der Waals surface area contributed by atoms with Crippen molar-refractivity contribution in [3.63, 3.8) is 0 Å². The van der Waals surface area contributed by atoms with E-state index in [-0.39, 0.29) is 46.9 Å². The molecule has 0 N–H and O–H groups in total. The molecule has 3 atom stereocenters. The van der Waals surface area contributed by atoms with Gasteiger partial charge in [-0.15, -0.1) is 0 Å². The molecular formula is C36H42ClF2N5O3Si. The fourth-order valence-corrected chi connectivity index (χ4v) is 12.7. The van der Waals surface area contributed by atoms with Crippen molar-refractivity contribution in [3.05, 3.63) is 71.6 Å². The average molecular weight is 694 g/mol. The van der Waals surface area contributed by atoms with E-state index in [1.165, 1.54) is 10.4 Å². The zero-order valence-electron chi connectivity index (χ0n) is 27.9. The van der Waals surface area contributed by atoms with Gasteiger partial charge in [-0.3, -0.25) is 4.90 Å². The molecule has 0 bridgehead atoms. The van der Waals surface area contributed by atoms with Gasteiger partial charge in [-0.05, 0) is 41.2 Å². The predicted molar refractivity (Wildman–Crippen MR) is 187 cm³/mol. The van der Waals surface area contributed by atoms with Gasteiger partial charge < -0.3 is 18.8 Å². The zero-order chi connectivity index (χ0) is 33.7. The highest BCUT2D eigenvalue weighted by Crippen LogP contribution is 2.42. The van der Waals surface area contributed by atoms with Crippen LogP contribution in [0.3, 0.4) is 0 Å². The predicted octanol–water partition coefficient (Wildman–Crippen LogP) is 5.94. The molecule has 0 unspecified atom stereocenters. The highest BCUT2D eigenvalue weighted by molar-refractivity contribution is 6.99. The Kier molecular flexibility index (Phi) is 8.85. The Hall–Kier alpha value is -3.38. The number of halogens is 3. The first-order chi connectivity index (χ1) is 23.0. The van der Waals surface area contributed by atoms with Crippen molar-refractivity contribution < 1.29 is 22.7 Å². The quantitative estimate of drug-likeness (QED) is 0.158. The van der Waals surface area contributed by atoms with Gasteiger partial charge in [0.05, 0.1) is 11.6 Å². The summed E-state index contributed by atoms with van der Waals surface area (Å²) in [4.78, 5) is 17.6. The summed E-state index contributed by atoms with van der Waals surface area (Å²) < 4.78 is 49.5. The third-order valence-electron chi connectivity index (χ3n) is 10.4. The monoisotopic (exact) mass is 693 g/mol. The lowest BCUT2D eigenvalue weighted by Crippen LogP contribution is -2.66. The minimum Gasteiger partial charge on any atom is -0.475 e. The molecule has 48 heavy (non-hydrogen) atoms. The van der Waals surface area contributed by atoms with Crippen molar-refractivity contribution in [1.29, 1.82) is 0 Å². The van der Waals surface area contributed by atoms with Gasteiger partial charge in [0.2, 0.25) is 5.88 Å². The first-order valence-electron chi connectivity index (χ1n) is 16.7. The molecule has 0 amide bonds. The number of rotatable bonds is 9. The van der Waals surface area contributed by atoms with Crippen LogP contribution in [0, 0.1) is 5.82 Å². The van der Waals surface area contributed by atoms with E-state index in [2.05, 4.69) is 84.2 Å². The third-order valence-corrected chi connectivity index (χ3v) is 15.7. The van der Waals surface area contributed by atoms with E-state index in [1.807, 2.05) is 24.1 Å². The Morgan fingerprint density at radius 2 is 1.73 bits per heavy atom. The number of hydrogen-bond donors (Lipinski definition) is 0. The summed E-state index contributed by atoms with van der Waals surface area (Å²) in [6, 6.07) is 20.9. The van der Waals surface area contributed by atoms with Crippen LogP contribution < -0.4 is 24.7 Å². The van der Waals surface area contributed by atoms with E-state index in [0.29, 0.717) is 37.2 Å². The number of ether oxygens (including phenoxy) is 2. The normalized spacial score (nSPS) is 22.9. The van der Waals surface area contributed by atoms with Crippen molar-refractivity contribution in [2.75, 3.05) is 44.9 Å². The number of nitrogens with zero attached hydrogens (tertiary/aromatic N) is 5. The highest BCUT2D eigenvalue weighted by atomic mass is 35.5. The van der Waals surface area contributed by atoms with Crippen LogP contribution in [-0.4, -0.2) is 85.9 Å². The van der Waals surface area contributed by atoms with Gasteiger partial charge in [-0.1, -0.05) is 93.0 Å². The number of benzene rings is 2. The summed E-state index contributed by atoms with van der Waals surface area (Å²) in [6.45, 7) is 8.94. The molecule has 7 rings (SSSR count). The fourth-order valence-electron chi connectivity index (χ4n) is 7.99. The Balaban J connectivity index is 1.19. The van der Waals surface area contributed by atoms with Crippen LogP contribution in [0.4, 0.5) is 14.6 Å². The largest absolute Gasteiger partial charge is 0.475 e. The second kappa shape index (κ2) is 12.8. The molecule has 2 aromatic heterocycles. The van der Waals surface area contributed by atoms with Crippen molar-refractivity contribution >= 4 is 47.0 Å². The van der Waals surface area contributed by atoms with Gasteiger partial charge in [-0.2, -0.15) is 15.0 Å². The van der Waals surface area contributed by atoms with E-state index >= 15 is 4.39 Å². The Morgan fingerprint density at radius 1 is 1.04 bits per heavy atom. The summed E-state index contributed by atoms with van der Waals surface area (Å²) >= 11 is 6.24. The Morgan fingerprint density at radius 3 is 2.40 bits per heavy atom. The molecule has 0 radical (unpaired) electrons. The summed E-state index contributed by atoms with van der Waals surface area (Å²) in [5.74, 6) is -0.145. The van der Waals surface area contributed by atoms with Gasteiger partial charge in [0.25, 0.3) is 8.32 Å². The fraction of sp³-hybridized carbons (Fsp3) is 0.472. The first-order valence-corrected chi connectivity index (χ1v) is 19.0. The van der Waals surface area contributed by atoms with Crippen molar-refractivity contribution in [2.45, 2.75) is 69.2 Å². The molecule has 2 aromatic carbocycles. The standard InChI is InChI=1S/C36H42ClF2N5O3Si/c1-35(2,3)48(26-12-7-5-8-13-26,27-14-9-6-10-15-27)47-19-16-25-22-45-33-28-30(29(39)31(37)41-33)40-34(42-32(28)43(25)4)46-23-36-17-11-18-44(36)21-24(38)20-36/h5-10,12-15,24-25H,11,16-23H2,1-4H3/t24-,25+,36+/m1/s1. The van der Waals surface area contributed by atoms with Crippen LogP contribution in [0.25, 0.3) is 10.9 Å². The molecule has 2 saturated heterocycles. The molecule has 12 heteroatoms. The molecule has 0 spiro atoms. The number of fused-ring (bicyclic) bond motifs is 1. The summed E-state index contributed by atoms with van der Waals surface area (Å²) in [5.41, 5.74) is -0.419. The maximum absolute atomic E-state index is 15.5. The second-order valence-electron chi connectivity index (χ2n) is 14.3. The molecule has 3 aliphatic rings. The molecule has 4 aromatic rings. The molecule has 3 aliphatic heterocycles. The number of aromatic nitrogens is 3. The number of pyridine rings is 1. The molecule has 0 saturated carbocycles. The van der Waals surface area contributed by atoms with E-state index in [1.54, 1.807) is 0 Å². The second-order valence-corrected chi connectivity index (χ2v) is 19.0. The molecule has 2 fully saturated rings. The lowest BCUT2D eigenvalue weighted by molar-refractivity contribution is 0.107. The minimum absolute atomic E-state index is 0.0170. The zero-order valence-corrected chi connectivity index (χ0v) is 29.6. The van der Waals surface area contributed by atoms with E-state index < -0.39 is 25.8 Å². The summed E-state index contributed by atoms with van der Waals surface area (Å²) in [7, 11) is -0.851. The van der Waals surface area contributed by atoms with Gasteiger partial charge in [0.15, 0.2) is 11.0 Å². The maximum atomic E-state index is 15.5. The van der Waals surface area contributed by atoms with Gasteiger partial charge >= 0.3 is 6.01 Å². The summed E-state index contributed by atoms with van der Waals surface area (Å²) in [6.07, 6.45) is 1.93. The van der Waals surface area contributed by atoms with E-state index in [0.717, 1.165) is 19.4 Å². The lowest BCUT2D eigenvalue weighted by atomic mass is 9.95. The molecule has 0 aliphatic carbocycles. The number of anilines is 1. The Labute approximate surface area is 286 Å². The van der Waals surface area contributed by atoms with Crippen LogP contribution in [-0.2, 0) is 4.43 Å². The van der Waals surface area contributed by atoms with E-state index in [9.17, 15) is 4.39 Å². The van der Waals surface area contributed by atoms with Crippen LogP contribution in [0.1, 0.15) is 46.5 Å². The maximum Gasteiger partial charge on any atom is 0.319 e. The number of alkyl halides is 1. The van der Waals surface area contributed by atoms with Crippen LogP contribution in [0.5, 0.6) is 11.9 Å². The van der Waals surface area contributed by atoms with Crippen LogP contribution in [0.15, 0.2) is 60.7 Å². The van der Waals surface area contributed by atoms with Gasteiger partial charge in [-0.25, -0.2) is 8.78 Å². The Bertz CT molecular complexity index is 1740. The number of hydrogen-bond acceptors (Lipinski definition) is 8. The first kappa shape index (κ1) is 33.1. The van der Waals surface area contributed by atoms with Gasteiger partial charge in [0, 0.05) is 26.6 Å². The number of likely N-dealkylation sites (N-methyl/N-ethyl adjacent to an activating group) is 1.